The number of aliphatic carboxylic acids is 1. The number of aliphatic hydroxyl groups excluding tert-OH is 1. The zero-order valence-corrected chi connectivity index (χ0v) is 17.1. The van der Waals surface area contributed by atoms with Crippen molar-refractivity contribution in [3.8, 4) is 0 Å². The van der Waals surface area contributed by atoms with Gasteiger partial charge in [-0.2, -0.15) is 0 Å². The molecule has 0 aromatic heterocycles. The number of carbonyl (C=O) groups is 5. The Labute approximate surface area is 174 Å². The molecule has 0 aromatic carbocycles. The summed E-state index contributed by atoms with van der Waals surface area (Å²) in [5, 5.41) is 25.3. The van der Waals surface area contributed by atoms with Crippen LogP contribution < -0.4 is 33.2 Å². The molecule has 0 aliphatic rings. The highest BCUT2D eigenvalue weighted by atomic mass is 16.4. The topological polar surface area (TPSA) is 240 Å². The van der Waals surface area contributed by atoms with Crippen molar-refractivity contribution in [3.63, 3.8) is 0 Å². The van der Waals surface area contributed by atoms with E-state index >= 15 is 0 Å². The second-order valence-electron chi connectivity index (χ2n) is 6.92. The van der Waals surface area contributed by atoms with Crippen molar-refractivity contribution in [2.45, 2.75) is 69.8 Å². The highest BCUT2D eigenvalue weighted by Gasteiger charge is 2.32. The van der Waals surface area contributed by atoms with Crippen molar-refractivity contribution in [1.82, 2.24) is 16.0 Å². The van der Waals surface area contributed by atoms with E-state index < -0.39 is 66.3 Å². The molecule has 0 radical (unpaired) electrons. The van der Waals surface area contributed by atoms with Crippen molar-refractivity contribution in [2.75, 3.05) is 6.54 Å². The van der Waals surface area contributed by atoms with Crippen LogP contribution in [-0.4, -0.2) is 76.6 Å². The predicted octanol–water partition coefficient (Wildman–Crippen LogP) is -3.74. The molecule has 0 aliphatic carbocycles. The first kappa shape index (κ1) is 27.2. The zero-order chi connectivity index (χ0) is 23.4. The Kier molecular flexibility index (Phi) is 12.2. The first-order chi connectivity index (χ1) is 13.9. The van der Waals surface area contributed by atoms with Gasteiger partial charge in [0.05, 0.1) is 18.6 Å². The molecule has 0 aliphatic heterocycles. The van der Waals surface area contributed by atoms with Gasteiger partial charge >= 0.3 is 5.97 Å². The number of nitrogens with two attached hydrogens (primary N) is 3. The van der Waals surface area contributed by atoms with E-state index in [4.69, 9.17) is 22.3 Å². The van der Waals surface area contributed by atoms with Gasteiger partial charge in [0.25, 0.3) is 0 Å². The fourth-order valence-corrected chi connectivity index (χ4v) is 2.35. The minimum absolute atomic E-state index is 0.305. The molecule has 0 rings (SSSR count). The lowest BCUT2D eigenvalue weighted by molar-refractivity contribution is -0.142. The van der Waals surface area contributed by atoms with E-state index in [1.165, 1.54) is 13.8 Å². The number of carbonyl (C=O) groups excluding carboxylic acids is 4. The molecule has 11 N–H and O–H groups in total. The third-order valence-electron chi connectivity index (χ3n) is 4.14. The summed E-state index contributed by atoms with van der Waals surface area (Å²) in [7, 11) is 0. The van der Waals surface area contributed by atoms with Gasteiger partial charge in [-0.05, 0) is 33.2 Å². The number of carboxylic acid groups (broad SMARTS) is 1. The van der Waals surface area contributed by atoms with Crippen LogP contribution in [0, 0.1) is 0 Å². The van der Waals surface area contributed by atoms with Gasteiger partial charge in [-0.3, -0.25) is 24.0 Å². The normalized spacial score (nSPS) is 15.8. The van der Waals surface area contributed by atoms with E-state index in [0.29, 0.717) is 25.8 Å². The van der Waals surface area contributed by atoms with E-state index in [2.05, 4.69) is 16.0 Å². The molecule has 0 heterocycles. The smallest absolute Gasteiger partial charge is 0.325 e. The molecule has 172 valence electrons. The highest BCUT2D eigenvalue weighted by Crippen LogP contribution is 2.02. The number of amides is 4. The fourth-order valence-electron chi connectivity index (χ4n) is 2.35. The van der Waals surface area contributed by atoms with Crippen LogP contribution in [0.5, 0.6) is 0 Å². The molecule has 13 heteroatoms. The summed E-state index contributed by atoms with van der Waals surface area (Å²) in [6.07, 6.45) is -0.430. The summed E-state index contributed by atoms with van der Waals surface area (Å²) < 4.78 is 0. The van der Waals surface area contributed by atoms with Crippen LogP contribution in [0.25, 0.3) is 0 Å². The Morgan fingerprint density at radius 2 is 1.53 bits per heavy atom. The average Bonchev–Trinajstić information content (AvgIpc) is 2.64. The van der Waals surface area contributed by atoms with E-state index in [1.807, 2.05) is 0 Å². The van der Waals surface area contributed by atoms with Crippen LogP contribution in [0.15, 0.2) is 0 Å². The zero-order valence-electron chi connectivity index (χ0n) is 17.1. The average molecular weight is 432 g/mol. The lowest BCUT2D eigenvalue weighted by atomic mass is 10.1. The minimum atomic E-state index is -1.54. The number of primary amides is 1. The number of carboxylic acids is 1. The van der Waals surface area contributed by atoms with Crippen molar-refractivity contribution < 1.29 is 34.2 Å². The van der Waals surface area contributed by atoms with Crippen LogP contribution >= 0.6 is 0 Å². The standard InChI is InChI=1S/C17H32N6O7/c1-8(17(29)30)21-16(28)13(9(2)24)23-15(27)11(7-12(20)25)22-14(26)10(19)5-3-4-6-18/h8-11,13,24H,3-7,18-19H2,1-2H3,(H2,20,25)(H,21,28)(H,22,26)(H,23,27)(H,29,30). The Hall–Kier alpha value is -2.77. The number of hydrogen-bond donors (Lipinski definition) is 8. The van der Waals surface area contributed by atoms with Gasteiger partial charge in [-0.1, -0.05) is 6.42 Å². The summed E-state index contributed by atoms with van der Waals surface area (Å²) in [6, 6.07) is -5.21. The minimum Gasteiger partial charge on any atom is -0.480 e. The molecule has 13 nitrogen and oxygen atoms in total. The third kappa shape index (κ3) is 10.1. The van der Waals surface area contributed by atoms with Gasteiger partial charge in [-0.25, -0.2) is 0 Å². The van der Waals surface area contributed by atoms with Crippen molar-refractivity contribution in [2.24, 2.45) is 17.2 Å². The molecule has 4 amide bonds. The van der Waals surface area contributed by atoms with Crippen molar-refractivity contribution in [3.05, 3.63) is 0 Å². The summed E-state index contributed by atoms with van der Waals surface area (Å²) in [5.74, 6) is -4.85. The Bertz CT molecular complexity index is 628. The summed E-state index contributed by atoms with van der Waals surface area (Å²) in [4.78, 5) is 59.1. The van der Waals surface area contributed by atoms with Gasteiger partial charge in [-0.15, -0.1) is 0 Å². The lowest BCUT2D eigenvalue weighted by Gasteiger charge is -2.25. The second-order valence-corrected chi connectivity index (χ2v) is 6.92. The Morgan fingerprint density at radius 1 is 0.933 bits per heavy atom. The molecule has 0 saturated heterocycles. The first-order valence-corrected chi connectivity index (χ1v) is 9.46. The Morgan fingerprint density at radius 3 is 2.00 bits per heavy atom. The van der Waals surface area contributed by atoms with E-state index in [0.717, 1.165) is 0 Å². The number of aliphatic hydroxyl groups is 1. The van der Waals surface area contributed by atoms with Crippen LogP contribution in [0.1, 0.15) is 39.5 Å². The molecule has 0 bridgehead atoms. The quantitative estimate of drug-likeness (QED) is 0.126. The van der Waals surface area contributed by atoms with E-state index in [9.17, 15) is 29.1 Å². The van der Waals surface area contributed by atoms with Crippen LogP contribution in [0.4, 0.5) is 0 Å². The van der Waals surface area contributed by atoms with Crippen LogP contribution in [-0.2, 0) is 24.0 Å². The molecule has 5 unspecified atom stereocenters. The molecule has 0 fully saturated rings. The molecular weight excluding hydrogens is 400 g/mol. The maximum atomic E-state index is 12.5. The maximum Gasteiger partial charge on any atom is 0.325 e. The van der Waals surface area contributed by atoms with E-state index in [-0.39, 0.29) is 0 Å². The summed E-state index contributed by atoms with van der Waals surface area (Å²) in [5.41, 5.74) is 16.3. The number of hydrogen-bond acceptors (Lipinski definition) is 8. The Balaban J connectivity index is 5.21. The fraction of sp³-hybridized carbons (Fsp3) is 0.706. The molecule has 5 atom stereocenters. The van der Waals surface area contributed by atoms with Crippen molar-refractivity contribution >= 4 is 29.6 Å². The maximum absolute atomic E-state index is 12.5. The van der Waals surface area contributed by atoms with Gasteiger partial charge < -0.3 is 43.4 Å². The molecule has 30 heavy (non-hydrogen) atoms. The van der Waals surface area contributed by atoms with E-state index in [1.54, 1.807) is 0 Å². The van der Waals surface area contributed by atoms with Crippen molar-refractivity contribution in [1.29, 1.82) is 0 Å². The van der Waals surface area contributed by atoms with Crippen LogP contribution in [0.3, 0.4) is 0 Å². The molecule has 0 spiro atoms. The number of unbranched alkanes of at least 4 members (excludes halogenated alkanes) is 1. The third-order valence-corrected chi connectivity index (χ3v) is 4.14. The van der Waals surface area contributed by atoms with Gasteiger partial charge in [0.15, 0.2) is 0 Å². The van der Waals surface area contributed by atoms with Gasteiger partial charge in [0.1, 0.15) is 18.1 Å². The lowest BCUT2D eigenvalue weighted by Crippen LogP contribution is -2.60. The first-order valence-electron chi connectivity index (χ1n) is 9.46. The number of rotatable bonds is 14. The second kappa shape index (κ2) is 13.5. The van der Waals surface area contributed by atoms with Gasteiger partial charge in [0, 0.05) is 0 Å². The predicted molar refractivity (Wildman–Crippen MR) is 105 cm³/mol. The SMILES string of the molecule is CC(NC(=O)C(NC(=O)C(CC(N)=O)NC(=O)C(N)CCCCN)C(C)O)C(=O)O. The molecule has 0 aromatic rings. The summed E-state index contributed by atoms with van der Waals surface area (Å²) in [6.45, 7) is 2.83. The molecule has 0 saturated carbocycles. The highest BCUT2D eigenvalue weighted by molar-refractivity contribution is 5.96. The summed E-state index contributed by atoms with van der Waals surface area (Å²) >= 11 is 0. The van der Waals surface area contributed by atoms with Gasteiger partial charge in [0.2, 0.25) is 23.6 Å². The monoisotopic (exact) mass is 432 g/mol. The number of nitrogens with one attached hydrogen (secondary N) is 3. The van der Waals surface area contributed by atoms with Crippen LogP contribution in [0.2, 0.25) is 0 Å². The largest absolute Gasteiger partial charge is 0.480 e. The molecular formula is C17H32N6O7.